The third kappa shape index (κ3) is 3.66. The molecule has 1 atom stereocenters. The van der Waals surface area contributed by atoms with E-state index in [9.17, 15) is 9.59 Å². The van der Waals surface area contributed by atoms with E-state index in [0.29, 0.717) is 24.9 Å². The van der Waals surface area contributed by atoms with Crippen LogP contribution < -0.4 is 10.9 Å². The zero-order valence-corrected chi connectivity index (χ0v) is 16.6. The molecule has 1 N–H and O–H groups in total. The number of nitrogens with one attached hydrogen (secondary N) is 1. The molecule has 0 saturated heterocycles. The number of hydrogen-bond acceptors (Lipinski definition) is 3. The van der Waals surface area contributed by atoms with Crippen LogP contribution in [-0.4, -0.2) is 20.3 Å². The fourth-order valence-electron chi connectivity index (χ4n) is 3.81. The van der Waals surface area contributed by atoms with Gasteiger partial charge in [-0.1, -0.05) is 48.5 Å². The Bertz CT molecular complexity index is 1220. The average Bonchev–Trinajstić information content (AvgIpc) is 3.06. The summed E-state index contributed by atoms with van der Waals surface area (Å²) in [5.74, 6) is 0.0108. The van der Waals surface area contributed by atoms with Gasteiger partial charge in [-0.25, -0.2) is 4.68 Å². The Hall–Kier alpha value is -3.41. The van der Waals surface area contributed by atoms with E-state index in [1.807, 2.05) is 66.1 Å². The standard InChI is InChI=1S/C23H24N4O2/c1-16(17-9-4-3-5-10-17)25-21(28)13-8-14-27-20-12-7-6-11-18(20)19-15-24-26(2)23(29)22(19)27/h3-7,9-12,15-16H,8,13-14H2,1-2H3,(H,25,28)/t16-/m1/s1. The van der Waals surface area contributed by atoms with Crippen LogP contribution in [0.15, 0.2) is 65.6 Å². The maximum absolute atomic E-state index is 12.7. The summed E-state index contributed by atoms with van der Waals surface area (Å²) in [5.41, 5.74) is 2.59. The molecule has 0 aliphatic rings. The largest absolute Gasteiger partial charge is 0.350 e. The summed E-state index contributed by atoms with van der Waals surface area (Å²) in [6, 6.07) is 17.8. The minimum absolute atomic E-state index is 0.0108. The van der Waals surface area contributed by atoms with Gasteiger partial charge in [0.2, 0.25) is 5.91 Å². The van der Waals surface area contributed by atoms with Crippen LogP contribution in [0.4, 0.5) is 0 Å². The molecular weight excluding hydrogens is 364 g/mol. The van der Waals surface area contributed by atoms with Crippen LogP contribution in [0.3, 0.4) is 0 Å². The molecule has 4 rings (SSSR count). The first-order valence-corrected chi connectivity index (χ1v) is 9.84. The molecule has 0 unspecified atom stereocenters. The molecule has 2 aromatic carbocycles. The van der Waals surface area contributed by atoms with Crippen molar-refractivity contribution in [3.8, 4) is 0 Å². The molecule has 29 heavy (non-hydrogen) atoms. The molecule has 6 heteroatoms. The molecule has 1 amide bonds. The van der Waals surface area contributed by atoms with Crippen molar-refractivity contribution in [3.63, 3.8) is 0 Å². The minimum atomic E-state index is -0.124. The highest BCUT2D eigenvalue weighted by molar-refractivity contribution is 6.07. The van der Waals surface area contributed by atoms with Gasteiger partial charge in [0.1, 0.15) is 5.52 Å². The second-order valence-corrected chi connectivity index (χ2v) is 7.31. The van der Waals surface area contributed by atoms with Crippen molar-refractivity contribution in [2.45, 2.75) is 32.4 Å². The summed E-state index contributed by atoms with van der Waals surface area (Å²) >= 11 is 0. The number of aromatic nitrogens is 3. The van der Waals surface area contributed by atoms with E-state index in [2.05, 4.69) is 10.4 Å². The summed E-state index contributed by atoms with van der Waals surface area (Å²) in [7, 11) is 1.65. The Morgan fingerprint density at radius 3 is 2.59 bits per heavy atom. The Labute approximate surface area is 168 Å². The predicted molar refractivity (Wildman–Crippen MR) is 115 cm³/mol. The van der Waals surface area contributed by atoms with Gasteiger partial charge in [0.15, 0.2) is 0 Å². The number of hydrogen-bond donors (Lipinski definition) is 1. The summed E-state index contributed by atoms with van der Waals surface area (Å²) in [6.07, 6.45) is 2.78. The molecule has 0 saturated carbocycles. The topological polar surface area (TPSA) is 68.9 Å². The van der Waals surface area contributed by atoms with Crippen molar-refractivity contribution >= 4 is 27.7 Å². The van der Waals surface area contributed by atoms with Gasteiger partial charge in [-0.15, -0.1) is 0 Å². The van der Waals surface area contributed by atoms with Crippen molar-refractivity contribution < 1.29 is 4.79 Å². The lowest BCUT2D eigenvalue weighted by Crippen LogP contribution is -2.26. The van der Waals surface area contributed by atoms with Gasteiger partial charge in [-0.2, -0.15) is 5.10 Å². The van der Waals surface area contributed by atoms with Crippen LogP contribution >= 0.6 is 0 Å². The van der Waals surface area contributed by atoms with E-state index in [1.54, 1.807) is 13.2 Å². The third-order valence-electron chi connectivity index (χ3n) is 5.33. The first kappa shape index (κ1) is 18.9. The Balaban J connectivity index is 1.52. The summed E-state index contributed by atoms with van der Waals surface area (Å²) in [6.45, 7) is 2.58. The van der Waals surface area contributed by atoms with E-state index in [1.165, 1.54) is 4.68 Å². The lowest BCUT2D eigenvalue weighted by molar-refractivity contribution is -0.121. The summed E-state index contributed by atoms with van der Waals surface area (Å²) < 4.78 is 3.37. The van der Waals surface area contributed by atoms with Crippen molar-refractivity contribution in [2.24, 2.45) is 7.05 Å². The summed E-state index contributed by atoms with van der Waals surface area (Å²) in [5, 5.41) is 9.08. The molecule has 0 bridgehead atoms. The zero-order valence-electron chi connectivity index (χ0n) is 16.6. The Kier molecular flexibility index (Phi) is 5.16. The number of aryl methyl sites for hydroxylation is 2. The molecule has 0 radical (unpaired) electrons. The lowest BCUT2D eigenvalue weighted by Gasteiger charge is -2.14. The van der Waals surface area contributed by atoms with Crippen LogP contribution in [-0.2, 0) is 18.4 Å². The maximum Gasteiger partial charge on any atom is 0.291 e. The predicted octanol–water partition coefficient (Wildman–Crippen LogP) is 3.55. The normalized spacial score (nSPS) is 12.3. The maximum atomic E-state index is 12.7. The van der Waals surface area contributed by atoms with Crippen LogP contribution in [0.5, 0.6) is 0 Å². The second kappa shape index (κ2) is 7.91. The highest BCUT2D eigenvalue weighted by Gasteiger charge is 2.15. The first-order chi connectivity index (χ1) is 14.1. The van der Waals surface area contributed by atoms with Gasteiger partial charge < -0.3 is 9.88 Å². The van der Waals surface area contributed by atoms with Crippen molar-refractivity contribution in [3.05, 3.63) is 76.7 Å². The number of nitrogens with zero attached hydrogens (tertiary/aromatic N) is 3. The van der Waals surface area contributed by atoms with E-state index in [0.717, 1.165) is 21.9 Å². The molecular formula is C23H24N4O2. The number of carbonyl (C=O) groups is 1. The van der Waals surface area contributed by atoms with E-state index >= 15 is 0 Å². The van der Waals surface area contributed by atoms with Gasteiger partial charge in [0.05, 0.1) is 12.2 Å². The van der Waals surface area contributed by atoms with Gasteiger partial charge in [-0.3, -0.25) is 9.59 Å². The molecule has 6 nitrogen and oxygen atoms in total. The summed E-state index contributed by atoms with van der Waals surface area (Å²) in [4.78, 5) is 25.1. The van der Waals surface area contributed by atoms with E-state index in [-0.39, 0.29) is 17.5 Å². The Morgan fingerprint density at radius 1 is 1.07 bits per heavy atom. The molecule has 4 aromatic rings. The molecule has 0 aliphatic carbocycles. The molecule has 148 valence electrons. The van der Waals surface area contributed by atoms with E-state index < -0.39 is 0 Å². The number of fused-ring (bicyclic) bond motifs is 3. The third-order valence-corrected chi connectivity index (χ3v) is 5.33. The quantitative estimate of drug-likeness (QED) is 0.549. The van der Waals surface area contributed by atoms with E-state index in [4.69, 9.17) is 0 Å². The van der Waals surface area contributed by atoms with Crippen molar-refractivity contribution in [1.82, 2.24) is 19.7 Å². The Morgan fingerprint density at radius 2 is 1.79 bits per heavy atom. The monoisotopic (exact) mass is 388 g/mol. The van der Waals surface area contributed by atoms with Gasteiger partial charge in [0, 0.05) is 36.3 Å². The second-order valence-electron chi connectivity index (χ2n) is 7.31. The molecule has 0 fully saturated rings. The molecule has 0 aliphatic heterocycles. The fraction of sp³-hybridized carbons (Fsp3) is 0.261. The highest BCUT2D eigenvalue weighted by atomic mass is 16.1. The molecule has 2 aromatic heterocycles. The van der Waals surface area contributed by atoms with Crippen molar-refractivity contribution in [1.29, 1.82) is 0 Å². The molecule has 0 spiro atoms. The average molecular weight is 388 g/mol. The fourth-order valence-corrected chi connectivity index (χ4v) is 3.81. The van der Waals surface area contributed by atoms with Crippen LogP contribution in [0.2, 0.25) is 0 Å². The number of para-hydroxylation sites is 1. The van der Waals surface area contributed by atoms with Gasteiger partial charge in [0.25, 0.3) is 5.56 Å². The smallest absolute Gasteiger partial charge is 0.291 e. The lowest BCUT2D eigenvalue weighted by atomic mass is 10.1. The first-order valence-electron chi connectivity index (χ1n) is 9.84. The van der Waals surface area contributed by atoms with Crippen molar-refractivity contribution in [2.75, 3.05) is 0 Å². The van der Waals surface area contributed by atoms with Crippen LogP contribution in [0, 0.1) is 0 Å². The SMILES string of the molecule is C[C@@H](NC(=O)CCCn1c2ccccc2c2cnn(C)c(=O)c21)c1ccccc1. The van der Waals surface area contributed by atoms with Gasteiger partial charge in [-0.05, 0) is 25.0 Å². The number of carbonyl (C=O) groups excluding carboxylic acids is 1. The van der Waals surface area contributed by atoms with Crippen LogP contribution in [0.25, 0.3) is 21.8 Å². The zero-order chi connectivity index (χ0) is 20.4. The van der Waals surface area contributed by atoms with Crippen LogP contribution in [0.1, 0.15) is 31.4 Å². The minimum Gasteiger partial charge on any atom is -0.350 e. The number of benzene rings is 2. The number of amides is 1. The highest BCUT2D eigenvalue weighted by Crippen LogP contribution is 2.26. The van der Waals surface area contributed by atoms with Gasteiger partial charge >= 0.3 is 0 Å². The number of rotatable bonds is 6. The molecule has 2 heterocycles.